The van der Waals surface area contributed by atoms with Crippen molar-refractivity contribution < 1.29 is 4.79 Å². The number of amides is 1. The molecule has 1 rings (SSSR count). The maximum absolute atomic E-state index is 11.8. The Labute approximate surface area is 81.3 Å². The molecule has 1 saturated carbocycles. The molecule has 0 spiro atoms. The molecule has 0 aromatic rings. The van der Waals surface area contributed by atoms with Gasteiger partial charge < -0.3 is 4.90 Å². The van der Waals surface area contributed by atoms with Gasteiger partial charge in [-0.1, -0.05) is 27.7 Å². The van der Waals surface area contributed by atoms with Gasteiger partial charge >= 0.3 is 0 Å². The van der Waals surface area contributed by atoms with E-state index in [2.05, 4.69) is 6.92 Å². The summed E-state index contributed by atoms with van der Waals surface area (Å²) in [6.45, 7) is 9.11. The Morgan fingerprint density at radius 2 is 1.92 bits per heavy atom. The summed E-state index contributed by atoms with van der Waals surface area (Å²) in [6.07, 6.45) is 1.29. The van der Waals surface area contributed by atoms with Gasteiger partial charge in [0.05, 0.1) is 0 Å². The number of hydrogen-bond acceptors (Lipinski definition) is 1. The van der Waals surface area contributed by atoms with Crippen LogP contribution >= 0.6 is 0 Å². The van der Waals surface area contributed by atoms with Crippen LogP contribution in [0.15, 0.2) is 0 Å². The quantitative estimate of drug-likeness (QED) is 0.642. The van der Waals surface area contributed by atoms with E-state index < -0.39 is 0 Å². The summed E-state index contributed by atoms with van der Waals surface area (Å²) in [5, 5.41) is 0. The van der Waals surface area contributed by atoms with Crippen LogP contribution in [0.2, 0.25) is 0 Å². The largest absolute Gasteiger partial charge is 0.345 e. The molecule has 2 atom stereocenters. The first kappa shape index (κ1) is 10.6. The topological polar surface area (TPSA) is 20.3 Å². The van der Waals surface area contributed by atoms with Crippen LogP contribution in [0, 0.1) is 17.3 Å². The van der Waals surface area contributed by atoms with Crippen LogP contribution in [0.25, 0.3) is 0 Å². The maximum Gasteiger partial charge on any atom is 0.227 e. The van der Waals surface area contributed by atoms with Crippen molar-refractivity contribution in [1.29, 1.82) is 0 Å². The van der Waals surface area contributed by atoms with Gasteiger partial charge in [-0.25, -0.2) is 0 Å². The number of rotatable bonds is 2. The zero-order valence-corrected chi connectivity index (χ0v) is 9.42. The van der Waals surface area contributed by atoms with Gasteiger partial charge in [0.1, 0.15) is 0 Å². The smallest absolute Gasteiger partial charge is 0.227 e. The summed E-state index contributed by atoms with van der Waals surface area (Å²) in [5.41, 5.74) is -0.229. The molecular weight excluding hydrogens is 162 g/mol. The fourth-order valence-corrected chi connectivity index (χ4v) is 1.66. The molecule has 0 bridgehead atoms. The first-order valence-corrected chi connectivity index (χ1v) is 5.08. The van der Waals surface area contributed by atoms with Gasteiger partial charge in [0.2, 0.25) is 5.91 Å². The van der Waals surface area contributed by atoms with Crippen LogP contribution in [0.3, 0.4) is 0 Å². The molecule has 0 N–H and O–H groups in total. The zero-order chi connectivity index (χ0) is 10.2. The number of carbonyl (C=O) groups is 1. The number of carbonyl (C=O) groups excluding carboxylic acids is 1. The fourth-order valence-electron chi connectivity index (χ4n) is 1.66. The van der Waals surface area contributed by atoms with Crippen molar-refractivity contribution >= 4 is 5.91 Å². The van der Waals surface area contributed by atoms with Crippen molar-refractivity contribution in [3.05, 3.63) is 0 Å². The van der Waals surface area contributed by atoms with E-state index in [-0.39, 0.29) is 11.3 Å². The molecule has 76 valence electrons. The lowest BCUT2D eigenvalue weighted by atomic mass is 9.95. The molecular formula is C11H21NO. The van der Waals surface area contributed by atoms with Crippen molar-refractivity contribution in [3.8, 4) is 0 Å². The van der Waals surface area contributed by atoms with Gasteiger partial charge in [0.25, 0.3) is 0 Å². The average molecular weight is 183 g/mol. The van der Waals surface area contributed by atoms with E-state index in [1.165, 1.54) is 6.42 Å². The highest BCUT2D eigenvalue weighted by Gasteiger charge is 2.35. The van der Waals surface area contributed by atoms with E-state index in [1.807, 2.05) is 32.7 Å². The molecule has 0 aliphatic heterocycles. The van der Waals surface area contributed by atoms with E-state index in [9.17, 15) is 4.79 Å². The molecule has 1 fully saturated rings. The Kier molecular flexibility index (Phi) is 2.69. The van der Waals surface area contributed by atoms with Gasteiger partial charge in [-0.3, -0.25) is 4.79 Å². The first-order chi connectivity index (χ1) is 5.82. The molecule has 0 aromatic carbocycles. The van der Waals surface area contributed by atoms with Crippen molar-refractivity contribution in [2.24, 2.45) is 17.3 Å². The molecule has 13 heavy (non-hydrogen) atoms. The van der Waals surface area contributed by atoms with Gasteiger partial charge in [0, 0.05) is 19.0 Å². The summed E-state index contributed by atoms with van der Waals surface area (Å²) in [5.74, 6) is 1.85. The Morgan fingerprint density at radius 3 is 2.23 bits per heavy atom. The monoisotopic (exact) mass is 183 g/mol. The van der Waals surface area contributed by atoms with Crippen LogP contribution in [0.5, 0.6) is 0 Å². The average Bonchev–Trinajstić information content (AvgIpc) is 2.63. The van der Waals surface area contributed by atoms with Crippen molar-refractivity contribution in [2.45, 2.75) is 34.1 Å². The molecule has 0 aromatic heterocycles. The molecule has 2 nitrogen and oxygen atoms in total. The molecule has 1 amide bonds. The lowest BCUT2D eigenvalue weighted by molar-refractivity contribution is -0.138. The summed E-state index contributed by atoms with van der Waals surface area (Å²) >= 11 is 0. The van der Waals surface area contributed by atoms with Crippen LogP contribution in [0.1, 0.15) is 34.1 Å². The predicted octanol–water partition coefficient (Wildman–Crippen LogP) is 2.15. The minimum atomic E-state index is -0.229. The summed E-state index contributed by atoms with van der Waals surface area (Å²) in [4.78, 5) is 13.6. The SMILES string of the molecule is CC1CC1CN(C)C(=O)C(C)(C)C. The van der Waals surface area contributed by atoms with Gasteiger partial charge in [0.15, 0.2) is 0 Å². The molecule has 0 heterocycles. The minimum Gasteiger partial charge on any atom is -0.345 e. The van der Waals surface area contributed by atoms with Crippen LogP contribution in [-0.4, -0.2) is 24.4 Å². The van der Waals surface area contributed by atoms with Crippen LogP contribution < -0.4 is 0 Å². The second-order valence-corrected chi connectivity index (χ2v) is 5.41. The normalized spacial score (nSPS) is 27.2. The number of hydrogen-bond donors (Lipinski definition) is 0. The predicted molar refractivity (Wildman–Crippen MR) is 54.4 cm³/mol. The van der Waals surface area contributed by atoms with Crippen LogP contribution in [-0.2, 0) is 4.79 Å². The third-order valence-electron chi connectivity index (χ3n) is 2.77. The Balaban J connectivity index is 2.39. The first-order valence-electron chi connectivity index (χ1n) is 5.08. The van der Waals surface area contributed by atoms with Gasteiger partial charge in [-0.15, -0.1) is 0 Å². The summed E-state index contributed by atoms with van der Waals surface area (Å²) in [7, 11) is 1.92. The molecule has 2 heteroatoms. The Bertz CT molecular complexity index is 205. The maximum atomic E-state index is 11.8. The Morgan fingerprint density at radius 1 is 1.46 bits per heavy atom. The number of nitrogens with zero attached hydrogens (tertiary/aromatic N) is 1. The standard InChI is InChI=1S/C11H21NO/c1-8-6-9(8)7-12(5)10(13)11(2,3)4/h8-9H,6-7H2,1-5H3. The third kappa shape index (κ3) is 2.71. The van der Waals surface area contributed by atoms with Gasteiger partial charge in [-0.05, 0) is 18.3 Å². The second-order valence-electron chi connectivity index (χ2n) is 5.41. The molecule has 1 aliphatic carbocycles. The lowest BCUT2D eigenvalue weighted by Gasteiger charge is -2.26. The fraction of sp³-hybridized carbons (Fsp3) is 0.909. The van der Waals surface area contributed by atoms with Crippen molar-refractivity contribution in [3.63, 3.8) is 0 Å². The zero-order valence-electron chi connectivity index (χ0n) is 9.42. The van der Waals surface area contributed by atoms with Crippen LogP contribution in [0.4, 0.5) is 0 Å². The third-order valence-corrected chi connectivity index (χ3v) is 2.77. The van der Waals surface area contributed by atoms with E-state index in [4.69, 9.17) is 0 Å². The summed E-state index contributed by atoms with van der Waals surface area (Å²) in [6, 6.07) is 0. The van der Waals surface area contributed by atoms with E-state index in [0.29, 0.717) is 0 Å². The highest BCUT2D eigenvalue weighted by Crippen LogP contribution is 2.38. The molecule has 2 unspecified atom stereocenters. The molecule has 1 aliphatic rings. The van der Waals surface area contributed by atoms with Crippen molar-refractivity contribution in [2.75, 3.05) is 13.6 Å². The lowest BCUT2D eigenvalue weighted by Crippen LogP contribution is -2.37. The summed E-state index contributed by atoms with van der Waals surface area (Å²) < 4.78 is 0. The van der Waals surface area contributed by atoms with Gasteiger partial charge in [-0.2, -0.15) is 0 Å². The highest BCUT2D eigenvalue weighted by atomic mass is 16.2. The van der Waals surface area contributed by atoms with Crippen molar-refractivity contribution in [1.82, 2.24) is 4.90 Å². The Hall–Kier alpha value is -0.530. The minimum absolute atomic E-state index is 0.229. The second kappa shape index (κ2) is 3.32. The van der Waals surface area contributed by atoms with E-state index in [0.717, 1.165) is 18.4 Å². The molecule has 0 radical (unpaired) electrons. The van der Waals surface area contributed by atoms with E-state index >= 15 is 0 Å². The van der Waals surface area contributed by atoms with E-state index in [1.54, 1.807) is 0 Å². The highest BCUT2D eigenvalue weighted by molar-refractivity contribution is 5.81. The molecule has 0 saturated heterocycles.